The average molecular weight is 127 g/mol. The summed E-state index contributed by atoms with van der Waals surface area (Å²) >= 11 is 0. The lowest BCUT2D eigenvalue weighted by Crippen LogP contribution is -2.17. The Kier molecular flexibility index (Phi) is 3.26. The van der Waals surface area contributed by atoms with Gasteiger partial charge in [0, 0.05) is 18.9 Å². The molecule has 0 heterocycles. The lowest BCUT2D eigenvalue weighted by atomic mass is 9.91. The molecule has 0 spiro atoms. The number of nitrogens with zero attached hydrogens (tertiary/aromatic N) is 1. The molecule has 0 aliphatic heterocycles. The maximum absolute atomic E-state index is 8.32. The molecule has 0 amide bonds. The molecule has 0 saturated carbocycles. The van der Waals surface area contributed by atoms with Crippen molar-refractivity contribution < 1.29 is 4.74 Å². The molecule has 0 saturated heterocycles. The van der Waals surface area contributed by atoms with Gasteiger partial charge in [-0.3, -0.25) is 0 Å². The van der Waals surface area contributed by atoms with Crippen LogP contribution < -0.4 is 0 Å². The summed E-state index contributed by atoms with van der Waals surface area (Å²) < 4.78 is 4.91. The lowest BCUT2D eigenvalue weighted by Gasteiger charge is -2.18. The maximum atomic E-state index is 8.32. The predicted molar refractivity (Wildman–Crippen MR) is 35.9 cm³/mol. The summed E-state index contributed by atoms with van der Waals surface area (Å²) in [5.74, 6) is 0. The van der Waals surface area contributed by atoms with E-state index in [2.05, 4.69) is 6.07 Å². The molecule has 2 nitrogen and oxygen atoms in total. The molecule has 0 atom stereocenters. The second kappa shape index (κ2) is 3.47. The van der Waals surface area contributed by atoms with Crippen molar-refractivity contribution in [2.45, 2.75) is 20.3 Å². The average Bonchev–Trinajstić information content (AvgIpc) is 1.64. The van der Waals surface area contributed by atoms with Crippen molar-refractivity contribution in [2.24, 2.45) is 5.41 Å². The standard InChI is InChI=1S/C7H13NO/c1-7(2,4-5-8)6-9-3/h4,6H2,1-3H3. The summed E-state index contributed by atoms with van der Waals surface area (Å²) in [6.07, 6.45) is 0.556. The fourth-order valence-electron chi connectivity index (χ4n) is 0.656. The topological polar surface area (TPSA) is 33.0 Å². The van der Waals surface area contributed by atoms with Gasteiger partial charge >= 0.3 is 0 Å². The molecular weight excluding hydrogens is 114 g/mol. The summed E-state index contributed by atoms with van der Waals surface area (Å²) in [5, 5.41) is 8.32. The van der Waals surface area contributed by atoms with Crippen molar-refractivity contribution in [3.63, 3.8) is 0 Å². The monoisotopic (exact) mass is 127 g/mol. The van der Waals surface area contributed by atoms with Crippen molar-refractivity contribution in [2.75, 3.05) is 13.7 Å². The molecule has 52 valence electrons. The first kappa shape index (κ1) is 8.45. The van der Waals surface area contributed by atoms with E-state index >= 15 is 0 Å². The van der Waals surface area contributed by atoms with Crippen LogP contribution in [0.5, 0.6) is 0 Å². The van der Waals surface area contributed by atoms with Crippen LogP contribution in [0.2, 0.25) is 0 Å². The van der Waals surface area contributed by atoms with Gasteiger partial charge in [-0.25, -0.2) is 0 Å². The lowest BCUT2D eigenvalue weighted by molar-refractivity contribution is 0.107. The molecule has 0 aromatic heterocycles. The smallest absolute Gasteiger partial charge is 0.0628 e. The van der Waals surface area contributed by atoms with E-state index in [1.54, 1.807) is 7.11 Å². The molecule has 0 N–H and O–H groups in total. The summed E-state index contributed by atoms with van der Waals surface area (Å²) in [6.45, 7) is 4.68. The van der Waals surface area contributed by atoms with Crippen LogP contribution in [0.3, 0.4) is 0 Å². The van der Waals surface area contributed by atoms with Gasteiger partial charge in [0.1, 0.15) is 0 Å². The van der Waals surface area contributed by atoms with E-state index in [0.29, 0.717) is 13.0 Å². The van der Waals surface area contributed by atoms with E-state index in [1.165, 1.54) is 0 Å². The highest BCUT2D eigenvalue weighted by Crippen LogP contribution is 2.18. The van der Waals surface area contributed by atoms with Gasteiger partial charge in [0.25, 0.3) is 0 Å². The van der Waals surface area contributed by atoms with Crippen LogP contribution >= 0.6 is 0 Å². The van der Waals surface area contributed by atoms with Crippen molar-refractivity contribution >= 4 is 0 Å². The third kappa shape index (κ3) is 3.99. The minimum Gasteiger partial charge on any atom is -0.384 e. The van der Waals surface area contributed by atoms with Crippen molar-refractivity contribution in [1.82, 2.24) is 0 Å². The zero-order valence-corrected chi connectivity index (χ0v) is 6.27. The van der Waals surface area contributed by atoms with Crippen LogP contribution in [0.4, 0.5) is 0 Å². The van der Waals surface area contributed by atoms with Crippen LogP contribution in [0.25, 0.3) is 0 Å². The third-order valence-electron chi connectivity index (χ3n) is 1.09. The summed E-state index contributed by atoms with van der Waals surface area (Å²) in [5.41, 5.74) is 0.0174. The highest BCUT2D eigenvalue weighted by molar-refractivity contribution is 4.81. The van der Waals surface area contributed by atoms with Crippen molar-refractivity contribution in [3.8, 4) is 6.07 Å². The van der Waals surface area contributed by atoms with Gasteiger partial charge in [0.15, 0.2) is 0 Å². The SMILES string of the molecule is COCC(C)(C)CC#N. The normalized spacial score (nSPS) is 10.9. The number of nitriles is 1. The Morgan fingerprint density at radius 3 is 2.44 bits per heavy atom. The molecule has 0 aromatic rings. The fourth-order valence-corrected chi connectivity index (χ4v) is 0.656. The number of methoxy groups -OCH3 is 1. The van der Waals surface area contributed by atoms with Gasteiger partial charge in [0.2, 0.25) is 0 Å². The van der Waals surface area contributed by atoms with Gasteiger partial charge in [-0.1, -0.05) is 13.8 Å². The van der Waals surface area contributed by atoms with Crippen LogP contribution in [0, 0.1) is 16.7 Å². The summed E-state index contributed by atoms with van der Waals surface area (Å²) in [6, 6.07) is 2.11. The van der Waals surface area contributed by atoms with Gasteiger partial charge < -0.3 is 4.74 Å². The van der Waals surface area contributed by atoms with Crippen molar-refractivity contribution in [1.29, 1.82) is 5.26 Å². The van der Waals surface area contributed by atoms with Crippen LogP contribution in [0.1, 0.15) is 20.3 Å². The van der Waals surface area contributed by atoms with E-state index in [4.69, 9.17) is 10.00 Å². The largest absolute Gasteiger partial charge is 0.384 e. The highest BCUT2D eigenvalue weighted by Gasteiger charge is 2.16. The summed E-state index contributed by atoms with van der Waals surface area (Å²) in [7, 11) is 1.65. The Bertz CT molecular complexity index is 113. The molecular formula is C7H13NO. The first-order chi connectivity index (χ1) is 4.12. The van der Waals surface area contributed by atoms with Gasteiger partial charge in [-0.15, -0.1) is 0 Å². The second-order valence-corrected chi connectivity index (χ2v) is 2.93. The third-order valence-corrected chi connectivity index (χ3v) is 1.09. The van der Waals surface area contributed by atoms with E-state index in [0.717, 1.165) is 0 Å². The van der Waals surface area contributed by atoms with Crippen LogP contribution in [0.15, 0.2) is 0 Å². The Hall–Kier alpha value is -0.550. The number of hydrogen-bond acceptors (Lipinski definition) is 2. The minimum absolute atomic E-state index is 0.0174. The zero-order valence-electron chi connectivity index (χ0n) is 6.27. The number of ether oxygens (including phenoxy) is 1. The number of hydrogen-bond donors (Lipinski definition) is 0. The van der Waals surface area contributed by atoms with Gasteiger partial charge in [0.05, 0.1) is 12.7 Å². The Labute approximate surface area is 56.4 Å². The molecule has 0 bridgehead atoms. The van der Waals surface area contributed by atoms with E-state index in [1.807, 2.05) is 13.8 Å². The van der Waals surface area contributed by atoms with E-state index in [-0.39, 0.29) is 5.41 Å². The first-order valence-electron chi connectivity index (χ1n) is 2.98. The summed E-state index contributed by atoms with van der Waals surface area (Å²) in [4.78, 5) is 0. The molecule has 0 aliphatic carbocycles. The fraction of sp³-hybridized carbons (Fsp3) is 0.857. The van der Waals surface area contributed by atoms with Crippen LogP contribution in [-0.4, -0.2) is 13.7 Å². The van der Waals surface area contributed by atoms with E-state index < -0.39 is 0 Å². The Morgan fingerprint density at radius 2 is 2.11 bits per heavy atom. The molecule has 2 heteroatoms. The number of rotatable bonds is 3. The first-order valence-corrected chi connectivity index (χ1v) is 2.98. The molecule has 0 unspecified atom stereocenters. The second-order valence-electron chi connectivity index (χ2n) is 2.93. The maximum Gasteiger partial charge on any atom is 0.0628 e. The van der Waals surface area contributed by atoms with Gasteiger partial charge in [-0.2, -0.15) is 5.26 Å². The minimum atomic E-state index is 0.0174. The van der Waals surface area contributed by atoms with E-state index in [9.17, 15) is 0 Å². The zero-order chi connectivity index (χ0) is 7.33. The van der Waals surface area contributed by atoms with Gasteiger partial charge in [-0.05, 0) is 0 Å². The molecule has 0 fully saturated rings. The predicted octanol–water partition coefficient (Wildman–Crippen LogP) is 1.57. The van der Waals surface area contributed by atoms with Crippen LogP contribution in [-0.2, 0) is 4.74 Å². The highest BCUT2D eigenvalue weighted by atomic mass is 16.5. The van der Waals surface area contributed by atoms with Crippen molar-refractivity contribution in [3.05, 3.63) is 0 Å². The molecule has 0 aromatic carbocycles. The quantitative estimate of drug-likeness (QED) is 0.576. The Balaban J connectivity index is 3.59. The molecule has 9 heavy (non-hydrogen) atoms. The Morgan fingerprint density at radius 1 is 1.56 bits per heavy atom. The molecule has 0 rings (SSSR count). The molecule has 0 radical (unpaired) electrons. The molecule has 0 aliphatic rings.